The molecule has 0 aromatic heterocycles. The van der Waals surface area contributed by atoms with E-state index in [1.165, 1.54) is 18.2 Å². The fourth-order valence-electron chi connectivity index (χ4n) is 1.57. The van der Waals surface area contributed by atoms with Crippen molar-refractivity contribution in [3.8, 4) is 0 Å². The van der Waals surface area contributed by atoms with Crippen molar-refractivity contribution in [2.75, 3.05) is 0 Å². The van der Waals surface area contributed by atoms with Crippen LogP contribution in [-0.4, -0.2) is 13.3 Å². The van der Waals surface area contributed by atoms with Gasteiger partial charge in [-0.05, 0) is 12.0 Å². The molecule has 1 aromatic rings. The Bertz CT molecular complexity index is 515. The molecule has 0 spiro atoms. The van der Waals surface area contributed by atoms with Gasteiger partial charge in [-0.25, -0.2) is 0 Å². The lowest BCUT2D eigenvalue weighted by Crippen LogP contribution is -2.08. The fourth-order valence-corrected chi connectivity index (χ4v) is 2.56. The molecule has 0 aliphatic heterocycles. The van der Waals surface area contributed by atoms with Gasteiger partial charge in [-0.15, -0.1) is 3.89 Å². The summed E-state index contributed by atoms with van der Waals surface area (Å²) in [7, 11) is -4.75. The van der Waals surface area contributed by atoms with Gasteiger partial charge in [0.2, 0.25) is 0 Å². The minimum Gasteiger partial charge on any atom is -0.258 e. The van der Waals surface area contributed by atoms with Crippen molar-refractivity contribution in [1.82, 2.24) is 0 Å². The van der Waals surface area contributed by atoms with Crippen molar-refractivity contribution < 1.29 is 17.2 Å². The predicted octanol–water partition coefficient (Wildman–Crippen LogP) is 2.74. The van der Waals surface area contributed by atoms with Crippen LogP contribution in [0.3, 0.4) is 0 Å². The van der Waals surface area contributed by atoms with Gasteiger partial charge in [-0.3, -0.25) is 10.1 Å². The van der Waals surface area contributed by atoms with Crippen LogP contribution >= 0.6 is 0 Å². The van der Waals surface area contributed by atoms with E-state index in [4.69, 9.17) is 0 Å². The molecular weight excluding hydrogens is 249 g/mol. The summed E-state index contributed by atoms with van der Waals surface area (Å²) in [6.07, 6.45) is 0.566. The van der Waals surface area contributed by atoms with Crippen LogP contribution in [0.25, 0.3) is 0 Å². The molecule has 1 aromatic carbocycles. The number of hydrogen-bond acceptors (Lipinski definition) is 4. The van der Waals surface area contributed by atoms with Gasteiger partial charge in [0, 0.05) is 12.1 Å². The lowest BCUT2D eigenvalue weighted by Gasteiger charge is -2.11. The summed E-state index contributed by atoms with van der Waals surface area (Å²) in [5.74, 6) is 0. The molecule has 1 rings (SSSR count). The molecule has 1 atom stereocenters. The lowest BCUT2D eigenvalue weighted by atomic mass is 10.1. The van der Waals surface area contributed by atoms with Gasteiger partial charge in [0.15, 0.2) is 0 Å². The molecule has 0 saturated heterocycles. The highest BCUT2D eigenvalue weighted by molar-refractivity contribution is 7.86. The summed E-state index contributed by atoms with van der Waals surface area (Å²) in [5.41, 5.74) is -0.129. The Hall–Kier alpha value is -1.50. The van der Waals surface area contributed by atoms with E-state index in [-0.39, 0.29) is 17.7 Å². The molecule has 94 valence electrons. The maximum Gasteiger partial charge on any atom is 0.309 e. The van der Waals surface area contributed by atoms with Gasteiger partial charge in [0.1, 0.15) is 5.25 Å². The first-order valence-electron chi connectivity index (χ1n) is 5.04. The monoisotopic (exact) mass is 261 g/mol. The Balaban J connectivity index is 3.19. The summed E-state index contributed by atoms with van der Waals surface area (Å²) in [4.78, 5) is 9.90. The third kappa shape index (κ3) is 3.48. The number of nitro benzene ring substituents is 1. The topological polar surface area (TPSA) is 77.3 Å². The minimum atomic E-state index is -4.75. The van der Waals surface area contributed by atoms with Gasteiger partial charge < -0.3 is 0 Å². The summed E-state index contributed by atoms with van der Waals surface area (Å²) < 4.78 is 35.0. The predicted molar refractivity (Wildman–Crippen MR) is 60.8 cm³/mol. The Morgan fingerprint density at radius 3 is 2.59 bits per heavy atom. The molecule has 5 nitrogen and oxygen atoms in total. The first kappa shape index (κ1) is 13.6. The average Bonchev–Trinajstić information content (AvgIpc) is 2.24. The number of non-ortho nitro benzene ring substituents is 1. The largest absolute Gasteiger partial charge is 0.309 e. The van der Waals surface area contributed by atoms with Crippen LogP contribution in [-0.2, 0) is 10.2 Å². The minimum absolute atomic E-state index is 0.0972. The number of halogens is 1. The van der Waals surface area contributed by atoms with Crippen LogP contribution in [0.2, 0.25) is 0 Å². The molecule has 0 N–H and O–H groups in total. The highest BCUT2D eigenvalue weighted by Crippen LogP contribution is 2.30. The first-order chi connectivity index (χ1) is 7.86. The number of nitrogens with zero attached hydrogens (tertiary/aromatic N) is 1. The van der Waals surface area contributed by atoms with Gasteiger partial charge in [0.05, 0.1) is 4.92 Å². The first-order valence-corrected chi connectivity index (χ1v) is 6.48. The van der Waals surface area contributed by atoms with Gasteiger partial charge in [-0.2, -0.15) is 8.42 Å². The number of hydrogen-bond donors (Lipinski definition) is 0. The van der Waals surface area contributed by atoms with E-state index in [9.17, 15) is 22.4 Å². The normalized spacial score (nSPS) is 13.3. The molecule has 7 heteroatoms. The fraction of sp³-hybridized carbons (Fsp3) is 0.400. The lowest BCUT2D eigenvalue weighted by molar-refractivity contribution is -0.384. The smallest absolute Gasteiger partial charge is 0.258 e. The van der Waals surface area contributed by atoms with Crippen molar-refractivity contribution in [2.24, 2.45) is 0 Å². The van der Waals surface area contributed by atoms with Crippen LogP contribution in [0.1, 0.15) is 30.6 Å². The maximum absolute atomic E-state index is 13.1. The Morgan fingerprint density at radius 2 is 2.12 bits per heavy atom. The molecule has 0 radical (unpaired) electrons. The average molecular weight is 261 g/mol. The highest BCUT2D eigenvalue weighted by atomic mass is 32.3. The van der Waals surface area contributed by atoms with Gasteiger partial charge >= 0.3 is 10.2 Å². The van der Waals surface area contributed by atoms with Crippen molar-refractivity contribution >= 4 is 15.9 Å². The van der Waals surface area contributed by atoms with Crippen molar-refractivity contribution in [3.05, 3.63) is 39.9 Å². The molecule has 17 heavy (non-hydrogen) atoms. The van der Waals surface area contributed by atoms with E-state index in [1.54, 1.807) is 6.92 Å². The Kier molecular flexibility index (Phi) is 4.17. The van der Waals surface area contributed by atoms with E-state index < -0.39 is 20.4 Å². The quantitative estimate of drug-likeness (QED) is 0.464. The summed E-state index contributed by atoms with van der Waals surface area (Å²) in [6.45, 7) is 1.72. The van der Waals surface area contributed by atoms with Crippen molar-refractivity contribution in [2.45, 2.75) is 25.0 Å². The maximum atomic E-state index is 13.1. The summed E-state index contributed by atoms with van der Waals surface area (Å²) >= 11 is 0. The van der Waals surface area contributed by atoms with Crippen LogP contribution in [0, 0.1) is 10.1 Å². The molecule has 0 saturated carbocycles. The zero-order valence-corrected chi connectivity index (χ0v) is 9.98. The summed E-state index contributed by atoms with van der Waals surface area (Å²) in [5, 5.41) is 9.22. The molecule has 0 heterocycles. The second kappa shape index (κ2) is 5.22. The zero-order valence-electron chi connectivity index (χ0n) is 9.17. The van der Waals surface area contributed by atoms with Crippen molar-refractivity contribution in [1.29, 1.82) is 0 Å². The molecule has 0 bridgehead atoms. The van der Waals surface area contributed by atoms with Crippen LogP contribution < -0.4 is 0 Å². The SMILES string of the molecule is CCCC(c1cccc([N+](=O)[O-])c1)S(=O)(=O)F. The van der Waals surface area contributed by atoms with E-state index in [2.05, 4.69) is 0 Å². The molecule has 0 fully saturated rings. The van der Waals surface area contributed by atoms with Crippen LogP contribution in [0.5, 0.6) is 0 Å². The van der Waals surface area contributed by atoms with Gasteiger partial charge in [-0.1, -0.05) is 25.5 Å². The standard InChI is InChI=1S/C10H12FNO4S/c1-2-4-10(17(11,15)16)8-5-3-6-9(7-8)12(13)14/h3,5-7,10H,2,4H2,1H3. The van der Waals surface area contributed by atoms with E-state index in [0.717, 1.165) is 6.07 Å². The van der Waals surface area contributed by atoms with Crippen LogP contribution in [0.4, 0.5) is 9.57 Å². The molecular formula is C10H12FNO4S. The number of nitro groups is 1. The number of benzene rings is 1. The molecule has 0 aliphatic rings. The number of rotatable bonds is 5. The third-order valence-electron chi connectivity index (χ3n) is 2.34. The van der Waals surface area contributed by atoms with E-state index in [1.807, 2.05) is 0 Å². The third-order valence-corrected chi connectivity index (χ3v) is 3.53. The van der Waals surface area contributed by atoms with E-state index in [0.29, 0.717) is 6.42 Å². The summed E-state index contributed by atoms with van der Waals surface area (Å²) in [6, 6.07) is 5.06. The van der Waals surface area contributed by atoms with Crippen LogP contribution in [0.15, 0.2) is 24.3 Å². The molecule has 1 unspecified atom stereocenters. The van der Waals surface area contributed by atoms with Crippen molar-refractivity contribution in [3.63, 3.8) is 0 Å². The second-order valence-corrected chi connectivity index (χ2v) is 5.13. The Morgan fingerprint density at radius 1 is 1.47 bits per heavy atom. The van der Waals surface area contributed by atoms with E-state index >= 15 is 0 Å². The Labute approximate surface area is 98.6 Å². The zero-order chi connectivity index (χ0) is 13.1. The molecule has 0 amide bonds. The molecule has 0 aliphatic carbocycles. The van der Waals surface area contributed by atoms with Gasteiger partial charge in [0.25, 0.3) is 5.69 Å². The highest BCUT2D eigenvalue weighted by Gasteiger charge is 2.27. The second-order valence-electron chi connectivity index (χ2n) is 3.60.